The highest BCUT2D eigenvalue weighted by molar-refractivity contribution is 5.34. The zero-order valence-electron chi connectivity index (χ0n) is 9.63. The van der Waals surface area contributed by atoms with Crippen LogP contribution in [0.1, 0.15) is 23.9 Å². The fourth-order valence-corrected chi connectivity index (χ4v) is 1.62. The van der Waals surface area contributed by atoms with Gasteiger partial charge in [0, 0.05) is 12.8 Å². The first-order valence-electron chi connectivity index (χ1n) is 5.49. The number of aliphatic hydroxyl groups excluding tert-OH is 1. The van der Waals surface area contributed by atoms with Gasteiger partial charge >= 0.3 is 0 Å². The minimum atomic E-state index is -0.0916. The third-order valence-corrected chi connectivity index (χ3v) is 2.38. The maximum absolute atomic E-state index is 9.05. The van der Waals surface area contributed by atoms with Crippen molar-refractivity contribution in [2.45, 2.75) is 19.4 Å². The van der Waals surface area contributed by atoms with Gasteiger partial charge in [0.1, 0.15) is 11.6 Å². The Bertz CT molecular complexity index is 457. The molecule has 90 valence electrons. The lowest BCUT2D eigenvalue weighted by atomic mass is 10.1. The topological polar surface area (TPSA) is 71.2 Å². The largest absolute Gasteiger partial charge is 0.467 e. The number of rotatable bonds is 5. The van der Waals surface area contributed by atoms with Crippen molar-refractivity contribution in [2.75, 3.05) is 11.9 Å². The summed E-state index contributed by atoms with van der Waals surface area (Å²) in [6, 6.07) is 3.60. The van der Waals surface area contributed by atoms with E-state index in [0.717, 1.165) is 11.5 Å². The summed E-state index contributed by atoms with van der Waals surface area (Å²) in [5.41, 5.74) is 0.845. The summed E-state index contributed by atoms with van der Waals surface area (Å²) in [6.07, 6.45) is 5.52. The minimum Gasteiger partial charge on any atom is -0.467 e. The van der Waals surface area contributed by atoms with Crippen LogP contribution in [0.4, 0.5) is 5.82 Å². The van der Waals surface area contributed by atoms with Crippen molar-refractivity contribution in [1.82, 2.24) is 9.97 Å². The van der Waals surface area contributed by atoms with Gasteiger partial charge in [-0.25, -0.2) is 4.98 Å². The number of anilines is 1. The van der Waals surface area contributed by atoms with E-state index < -0.39 is 0 Å². The average molecular weight is 233 g/mol. The van der Waals surface area contributed by atoms with E-state index in [1.165, 1.54) is 0 Å². The highest BCUT2D eigenvalue weighted by Gasteiger charge is 2.14. The first-order valence-corrected chi connectivity index (χ1v) is 5.49. The van der Waals surface area contributed by atoms with E-state index in [0.29, 0.717) is 12.2 Å². The average Bonchev–Trinajstić information content (AvgIpc) is 2.82. The highest BCUT2D eigenvalue weighted by Crippen LogP contribution is 2.21. The molecule has 2 heterocycles. The van der Waals surface area contributed by atoms with Crippen molar-refractivity contribution in [3.8, 4) is 0 Å². The number of aryl methyl sites for hydroxylation is 1. The van der Waals surface area contributed by atoms with Gasteiger partial charge in [-0.2, -0.15) is 0 Å². The predicted octanol–water partition coefficient (Wildman–Crippen LogP) is 1.91. The second kappa shape index (κ2) is 5.45. The number of aromatic nitrogens is 2. The number of nitrogens with one attached hydrogen (secondary N) is 1. The van der Waals surface area contributed by atoms with E-state index in [4.69, 9.17) is 9.52 Å². The number of nitrogens with zero attached hydrogens (tertiary/aromatic N) is 2. The number of hydrogen-bond acceptors (Lipinski definition) is 5. The van der Waals surface area contributed by atoms with Crippen LogP contribution in [0, 0.1) is 6.92 Å². The Morgan fingerprint density at radius 1 is 1.47 bits per heavy atom. The van der Waals surface area contributed by atoms with Crippen LogP contribution in [0.25, 0.3) is 0 Å². The van der Waals surface area contributed by atoms with Gasteiger partial charge in [-0.15, -0.1) is 0 Å². The van der Waals surface area contributed by atoms with Gasteiger partial charge in [0.2, 0.25) is 0 Å². The van der Waals surface area contributed by atoms with Gasteiger partial charge in [-0.05, 0) is 25.5 Å². The molecule has 0 aromatic carbocycles. The molecule has 0 amide bonds. The Hall–Kier alpha value is -1.88. The molecule has 17 heavy (non-hydrogen) atoms. The number of furan rings is 1. The van der Waals surface area contributed by atoms with Crippen LogP contribution >= 0.6 is 0 Å². The molecule has 0 fully saturated rings. The highest BCUT2D eigenvalue weighted by atomic mass is 16.3. The van der Waals surface area contributed by atoms with E-state index in [9.17, 15) is 0 Å². The molecular formula is C12H15N3O2. The van der Waals surface area contributed by atoms with Gasteiger partial charge in [-0.1, -0.05) is 0 Å². The van der Waals surface area contributed by atoms with Crippen molar-refractivity contribution in [1.29, 1.82) is 0 Å². The van der Waals surface area contributed by atoms with E-state index >= 15 is 0 Å². The molecular weight excluding hydrogens is 218 g/mol. The first-order chi connectivity index (χ1) is 8.29. The summed E-state index contributed by atoms with van der Waals surface area (Å²) in [5, 5.41) is 12.2. The normalized spacial score (nSPS) is 12.4. The summed E-state index contributed by atoms with van der Waals surface area (Å²) in [7, 11) is 0. The zero-order chi connectivity index (χ0) is 12.1. The first kappa shape index (κ1) is 11.6. The molecule has 0 aliphatic carbocycles. The monoisotopic (exact) mass is 233 g/mol. The Morgan fingerprint density at radius 3 is 3.00 bits per heavy atom. The third-order valence-electron chi connectivity index (χ3n) is 2.38. The summed E-state index contributed by atoms with van der Waals surface area (Å²) in [4.78, 5) is 8.37. The van der Waals surface area contributed by atoms with Gasteiger partial charge < -0.3 is 14.8 Å². The fraction of sp³-hybridized carbons (Fsp3) is 0.333. The van der Waals surface area contributed by atoms with Gasteiger partial charge in [-0.3, -0.25) is 4.98 Å². The summed E-state index contributed by atoms with van der Waals surface area (Å²) in [5.74, 6) is 1.46. The number of hydrogen-bond donors (Lipinski definition) is 2. The Kier molecular flexibility index (Phi) is 3.72. The second-order valence-electron chi connectivity index (χ2n) is 3.77. The quantitative estimate of drug-likeness (QED) is 0.825. The predicted molar refractivity (Wildman–Crippen MR) is 63.5 cm³/mol. The van der Waals surface area contributed by atoms with Gasteiger partial charge in [0.05, 0.1) is 24.2 Å². The van der Waals surface area contributed by atoms with Crippen LogP contribution < -0.4 is 5.32 Å². The molecule has 0 aliphatic rings. The van der Waals surface area contributed by atoms with Crippen LogP contribution in [0.2, 0.25) is 0 Å². The maximum Gasteiger partial charge on any atom is 0.145 e. The van der Waals surface area contributed by atoms with Crippen molar-refractivity contribution >= 4 is 5.82 Å². The molecule has 2 aromatic rings. The molecule has 5 nitrogen and oxygen atoms in total. The Labute approximate surface area is 99.5 Å². The molecule has 0 spiro atoms. The molecule has 1 unspecified atom stereocenters. The molecule has 0 radical (unpaired) electrons. The van der Waals surface area contributed by atoms with Crippen molar-refractivity contribution in [3.05, 3.63) is 42.2 Å². The summed E-state index contributed by atoms with van der Waals surface area (Å²) in [6.45, 7) is 1.96. The second-order valence-corrected chi connectivity index (χ2v) is 3.77. The lowest BCUT2D eigenvalue weighted by molar-refractivity contribution is 0.273. The summed E-state index contributed by atoms with van der Waals surface area (Å²) < 4.78 is 5.33. The van der Waals surface area contributed by atoms with Crippen molar-refractivity contribution < 1.29 is 9.52 Å². The Morgan fingerprint density at radius 2 is 2.35 bits per heavy atom. The molecule has 0 saturated carbocycles. The van der Waals surface area contributed by atoms with Crippen LogP contribution in [0.5, 0.6) is 0 Å². The van der Waals surface area contributed by atoms with E-state index in [-0.39, 0.29) is 12.6 Å². The molecule has 5 heteroatoms. The van der Waals surface area contributed by atoms with Gasteiger partial charge in [0.25, 0.3) is 0 Å². The summed E-state index contributed by atoms with van der Waals surface area (Å²) >= 11 is 0. The van der Waals surface area contributed by atoms with Gasteiger partial charge in [0.15, 0.2) is 0 Å². The standard InChI is InChI=1S/C12H15N3O2/c1-9-7-13-8-12(14-9)15-10(4-5-16)11-3-2-6-17-11/h2-3,6-8,10,16H,4-5H2,1H3,(H,14,15). The number of aliphatic hydroxyl groups is 1. The third kappa shape index (κ3) is 3.04. The minimum absolute atomic E-state index is 0.0810. The zero-order valence-corrected chi connectivity index (χ0v) is 9.63. The van der Waals surface area contributed by atoms with Crippen molar-refractivity contribution in [3.63, 3.8) is 0 Å². The fourth-order valence-electron chi connectivity index (χ4n) is 1.62. The molecule has 0 aliphatic heterocycles. The molecule has 2 rings (SSSR count). The van der Waals surface area contributed by atoms with Crippen LogP contribution in [0.3, 0.4) is 0 Å². The SMILES string of the molecule is Cc1cncc(NC(CCO)c2ccco2)n1. The molecule has 0 bridgehead atoms. The van der Waals surface area contributed by atoms with Crippen LogP contribution in [0.15, 0.2) is 35.2 Å². The lowest BCUT2D eigenvalue weighted by Gasteiger charge is -2.15. The van der Waals surface area contributed by atoms with E-state index in [2.05, 4.69) is 15.3 Å². The molecule has 1 atom stereocenters. The van der Waals surface area contributed by atoms with E-state index in [1.807, 2.05) is 19.1 Å². The van der Waals surface area contributed by atoms with Crippen LogP contribution in [-0.4, -0.2) is 21.7 Å². The Balaban J connectivity index is 2.13. The maximum atomic E-state index is 9.05. The molecule has 0 saturated heterocycles. The molecule has 2 aromatic heterocycles. The van der Waals surface area contributed by atoms with E-state index in [1.54, 1.807) is 18.7 Å². The van der Waals surface area contributed by atoms with Crippen molar-refractivity contribution in [2.24, 2.45) is 0 Å². The molecule has 2 N–H and O–H groups in total. The smallest absolute Gasteiger partial charge is 0.145 e. The van der Waals surface area contributed by atoms with Crippen LogP contribution in [-0.2, 0) is 0 Å². The lowest BCUT2D eigenvalue weighted by Crippen LogP contribution is -2.13.